The van der Waals surface area contributed by atoms with Crippen LogP contribution in [0.15, 0.2) is 59.1 Å². The number of piperazine rings is 1. The van der Waals surface area contributed by atoms with Crippen LogP contribution < -0.4 is 4.74 Å². The molecule has 6 nitrogen and oxygen atoms in total. The average molecular weight is 413 g/mol. The van der Waals surface area contributed by atoms with Crippen LogP contribution in [0.1, 0.15) is 27.9 Å². The van der Waals surface area contributed by atoms with E-state index in [4.69, 9.17) is 9.26 Å². The molecular formula is C22H21F2N3O3. The van der Waals surface area contributed by atoms with Gasteiger partial charge < -0.3 is 14.2 Å². The molecule has 156 valence electrons. The normalized spacial score (nSPS) is 17.2. The molecule has 1 unspecified atom stereocenters. The second kappa shape index (κ2) is 8.62. The molecule has 30 heavy (non-hydrogen) atoms. The molecule has 0 saturated carbocycles. The summed E-state index contributed by atoms with van der Waals surface area (Å²) in [6.45, 7) is 1.73. The predicted molar refractivity (Wildman–Crippen MR) is 105 cm³/mol. The molecule has 0 radical (unpaired) electrons. The number of carbonyl (C=O) groups excluding carboxylic acids is 1. The first kappa shape index (κ1) is 20.0. The first-order valence-corrected chi connectivity index (χ1v) is 9.59. The first-order valence-electron chi connectivity index (χ1n) is 9.59. The highest BCUT2D eigenvalue weighted by Crippen LogP contribution is 2.25. The highest BCUT2D eigenvalue weighted by Gasteiger charge is 2.30. The number of hydrogen-bond acceptors (Lipinski definition) is 5. The van der Waals surface area contributed by atoms with Crippen LogP contribution in [0.5, 0.6) is 5.75 Å². The van der Waals surface area contributed by atoms with Crippen molar-refractivity contribution >= 4 is 5.91 Å². The zero-order chi connectivity index (χ0) is 21.1. The fourth-order valence-corrected chi connectivity index (χ4v) is 3.48. The molecule has 1 aromatic heterocycles. The Morgan fingerprint density at radius 3 is 2.73 bits per heavy atom. The van der Waals surface area contributed by atoms with E-state index < -0.39 is 11.6 Å². The third kappa shape index (κ3) is 4.33. The molecule has 1 amide bonds. The van der Waals surface area contributed by atoms with E-state index in [9.17, 15) is 13.6 Å². The second-order valence-electron chi connectivity index (χ2n) is 7.20. The molecule has 1 atom stereocenters. The molecule has 1 saturated heterocycles. The van der Waals surface area contributed by atoms with Crippen molar-refractivity contribution in [2.75, 3.05) is 26.7 Å². The van der Waals surface area contributed by atoms with Crippen molar-refractivity contribution < 1.29 is 22.8 Å². The van der Waals surface area contributed by atoms with Gasteiger partial charge in [0.25, 0.3) is 5.91 Å². The van der Waals surface area contributed by atoms with Crippen LogP contribution in [0, 0.1) is 11.6 Å². The summed E-state index contributed by atoms with van der Waals surface area (Å²) in [4.78, 5) is 16.9. The van der Waals surface area contributed by atoms with Gasteiger partial charge in [-0.05, 0) is 24.7 Å². The second-order valence-corrected chi connectivity index (χ2v) is 7.20. The van der Waals surface area contributed by atoms with E-state index >= 15 is 0 Å². The Morgan fingerprint density at radius 1 is 1.17 bits per heavy atom. The highest BCUT2D eigenvalue weighted by molar-refractivity contribution is 5.92. The van der Waals surface area contributed by atoms with Crippen molar-refractivity contribution in [2.45, 2.75) is 12.6 Å². The zero-order valence-corrected chi connectivity index (χ0v) is 16.4. The van der Waals surface area contributed by atoms with Crippen molar-refractivity contribution in [3.63, 3.8) is 0 Å². The zero-order valence-electron chi connectivity index (χ0n) is 16.4. The maximum absolute atomic E-state index is 13.7. The van der Waals surface area contributed by atoms with Gasteiger partial charge in [-0.15, -0.1) is 0 Å². The van der Waals surface area contributed by atoms with Crippen LogP contribution in [0.25, 0.3) is 0 Å². The van der Waals surface area contributed by atoms with Gasteiger partial charge in [-0.3, -0.25) is 9.69 Å². The summed E-state index contributed by atoms with van der Waals surface area (Å²) < 4.78 is 37.1. The number of aromatic nitrogens is 1. The van der Waals surface area contributed by atoms with Crippen molar-refractivity contribution in [2.24, 2.45) is 0 Å². The monoisotopic (exact) mass is 413 g/mol. The third-order valence-electron chi connectivity index (χ3n) is 5.16. The van der Waals surface area contributed by atoms with E-state index in [1.807, 2.05) is 25.2 Å². The summed E-state index contributed by atoms with van der Waals surface area (Å²) in [5, 5.41) is 3.84. The number of carbonyl (C=O) groups is 1. The van der Waals surface area contributed by atoms with E-state index in [1.165, 1.54) is 12.1 Å². The maximum atomic E-state index is 13.7. The maximum Gasteiger partial charge on any atom is 0.276 e. The molecule has 4 rings (SSSR count). The lowest BCUT2D eigenvalue weighted by Gasteiger charge is -2.39. The summed E-state index contributed by atoms with van der Waals surface area (Å²) in [6.07, 6.45) is 0. The highest BCUT2D eigenvalue weighted by atomic mass is 19.1. The average Bonchev–Trinajstić information content (AvgIpc) is 3.23. The van der Waals surface area contributed by atoms with Crippen LogP contribution in [0.3, 0.4) is 0 Å². The van der Waals surface area contributed by atoms with E-state index in [0.717, 1.165) is 24.2 Å². The minimum Gasteiger partial charge on any atom is -0.482 e. The van der Waals surface area contributed by atoms with Crippen molar-refractivity contribution in [1.29, 1.82) is 0 Å². The predicted octanol–water partition coefficient (Wildman–Crippen LogP) is 3.66. The van der Waals surface area contributed by atoms with Gasteiger partial charge in [0.15, 0.2) is 23.0 Å². The van der Waals surface area contributed by atoms with Gasteiger partial charge in [-0.25, -0.2) is 8.78 Å². The standard InChI is InChI=1S/C22H21F2N3O3/c1-26-9-10-27(13-20(26)15-5-3-2-4-6-15)22(28)19-12-17(30-25-19)14-29-21-8-7-16(23)11-18(21)24/h2-8,11-12,20H,9-10,13-14H2,1H3. The molecule has 1 aliphatic heterocycles. The van der Waals surface area contributed by atoms with Crippen LogP contribution >= 0.6 is 0 Å². The first-order chi connectivity index (χ1) is 14.5. The number of nitrogens with zero attached hydrogens (tertiary/aromatic N) is 3. The lowest BCUT2D eigenvalue weighted by atomic mass is 10.0. The van der Waals surface area contributed by atoms with Gasteiger partial charge in [-0.2, -0.15) is 0 Å². The molecule has 1 aliphatic rings. The molecule has 0 N–H and O–H groups in total. The Bertz CT molecular complexity index is 1030. The van der Waals surface area contributed by atoms with Gasteiger partial charge in [0.05, 0.1) is 6.04 Å². The van der Waals surface area contributed by atoms with Gasteiger partial charge in [0.2, 0.25) is 0 Å². The quantitative estimate of drug-likeness (QED) is 0.639. The minimum atomic E-state index is -0.810. The fraction of sp³-hybridized carbons (Fsp3) is 0.273. The Labute approximate surface area is 172 Å². The molecule has 0 aliphatic carbocycles. The van der Waals surface area contributed by atoms with Gasteiger partial charge in [0.1, 0.15) is 12.4 Å². The number of ether oxygens (including phenoxy) is 1. The number of halogens is 2. The number of benzene rings is 2. The molecule has 3 aromatic rings. The van der Waals surface area contributed by atoms with E-state index in [-0.39, 0.29) is 35.8 Å². The third-order valence-corrected chi connectivity index (χ3v) is 5.16. The molecule has 0 spiro atoms. The Morgan fingerprint density at radius 2 is 1.97 bits per heavy atom. The molecule has 1 fully saturated rings. The largest absolute Gasteiger partial charge is 0.482 e. The Hall–Kier alpha value is -3.26. The fourth-order valence-electron chi connectivity index (χ4n) is 3.48. The lowest BCUT2D eigenvalue weighted by molar-refractivity contribution is 0.0536. The summed E-state index contributed by atoms with van der Waals surface area (Å²) in [7, 11) is 2.04. The van der Waals surface area contributed by atoms with Crippen LogP contribution in [-0.2, 0) is 6.61 Å². The summed E-state index contributed by atoms with van der Waals surface area (Å²) in [5.41, 5.74) is 1.32. The SMILES string of the molecule is CN1CCN(C(=O)c2cc(COc3ccc(F)cc3F)on2)CC1c1ccccc1. The number of likely N-dealkylation sites (N-methyl/N-ethyl adjacent to an activating group) is 1. The van der Waals surface area contributed by atoms with Crippen molar-refractivity contribution in [3.8, 4) is 5.75 Å². The van der Waals surface area contributed by atoms with Crippen molar-refractivity contribution in [1.82, 2.24) is 15.0 Å². The smallest absolute Gasteiger partial charge is 0.276 e. The summed E-state index contributed by atoms with van der Waals surface area (Å²) in [5.74, 6) is -1.56. The van der Waals surface area contributed by atoms with Gasteiger partial charge in [0, 0.05) is 31.8 Å². The van der Waals surface area contributed by atoms with Crippen LogP contribution in [0.2, 0.25) is 0 Å². The topological polar surface area (TPSA) is 58.8 Å². The van der Waals surface area contributed by atoms with Gasteiger partial charge in [-0.1, -0.05) is 35.5 Å². The minimum absolute atomic E-state index is 0.0973. The lowest BCUT2D eigenvalue weighted by Crippen LogP contribution is -2.49. The van der Waals surface area contributed by atoms with Crippen molar-refractivity contribution in [3.05, 3.63) is 83.2 Å². The van der Waals surface area contributed by atoms with E-state index in [1.54, 1.807) is 4.90 Å². The Kier molecular flexibility index (Phi) is 5.76. The van der Waals surface area contributed by atoms with E-state index in [0.29, 0.717) is 13.1 Å². The van der Waals surface area contributed by atoms with E-state index in [2.05, 4.69) is 22.2 Å². The molecule has 2 heterocycles. The van der Waals surface area contributed by atoms with Crippen LogP contribution in [-0.4, -0.2) is 47.5 Å². The van der Waals surface area contributed by atoms with Gasteiger partial charge >= 0.3 is 0 Å². The molecule has 2 aromatic carbocycles. The molecule has 8 heteroatoms. The summed E-state index contributed by atoms with van der Waals surface area (Å²) >= 11 is 0. The Balaban J connectivity index is 1.41. The molecule has 0 bridgehead atoms. The summed E-state index contributed by atoms with van der Waals surface area (Å²) in [6, 6.07) is 14.7. The number of amides is 1. The van der Waals surface area contributed by atoms with Crippen LogP contribution in [0.4, 0.5) is 8.78 Å². The molecular weight excluding hydrogens is 392 g/mol. The number of hydrogen-bond donors (Lipinski definition) is 0. The number of rotatable bonds is 5.